The molecule has 9 heteroatoms. The Bertz CT molecular complexity index is 685. The van der Waals surface area contributed by atoms with E-state index < -0.39 is 27.4 Å². The van der Waals surface area contributed by atoms with E-state index in [1.807, 2.05) is 0 Å². The molecular formula is C12H15BrN2O5S. The first-order chi connectivity index (χ1) is 9.44. The van der Waals surface area contributed by atoms with Gasteiger partial charge in [0.15, 0.2) is 0 Å². The highest BCUT2D eigenvalue weighted by Crippen LogP contribution is 2.22. The lowest BCUT2D eigenvalue weighted by Crippen LogP contribution is -2.45. The molecule has 0 fully saturated rings. The highest BCUT2D eigenvalue weighted by atomic mass is 79.9. The second-order valence-corrected chi connectivity index (χ2v) is 7.62. The lowest BCUT2D eigenvalue weighted by Gasteiger charge is -2.24. The Morgan fingerprint density at radius 2 is 1.95 bits per heavy atom. The van der Waals surface area contributed by atoms with Crippen molar-refractivity contribution in [3.63, 3.8) is 0 Å². The van der Waals surface area contributed by atoms with E-state index in [1.165, 1.54) is 26.0 Å². The number of carboxylic acids is 1. The van der Waals surface area contributed by atoms with Crippen molar-refractivity contribution < 1.29 is 23.1 Å². The molecule has 0 aliphatic rings. The first kappa shape index (κ1) is 17.6. The van der Waals surface area contributed by atoms with E-state index in [1.54, 1.807) is 0 Å². The van der Waals surface area contributed by atoms with Crippen LogP contribution in [0.3, 0.4) is 0 Å². The number of hydrogen-bond donors (Lipinski definition) is 3. The number of primary amides is 1. The monoisotopic (exact) mass is 378 g/mol. The van der Waals surface area contributed by atoms with Gasteiger partial charge >= 0.3 is 5.97 Å². The minimum atomic E-state index is -3.98. The highest BCUT2D eigenvalue weighted by Gasteiger charge is 2.28. The number of amides is 1. The Labute approximate surface area is 130 Å². The Morgan fingerprint density at radius 1 is 1.38 bits per heavy atom. The lowest BCUT2D eigenvalue weighted by atomic mass is 10.0. The van der Waals surface area contributed by atoms with E-state index >= 15 is 0 Å². The summed E-state index contributed by atoms with van der Waals surface area (Å²) in [6.07, 6.45) is -0.186. The van der Waals surface area contributed by atoms with E-state index in [9.17, 15) is 18.0 Å². The van der Waals surface area contributed by atoms with Crippen LogP contribution in [0.5, 0.6) is 0 Å². The fourth-order valence-corrected chi connectivity index (χ4v) is 3.58. The SMILES string of the molecule is CC(C)(CC(N)=O)NS(=O)(=O)c1ccc(Br)c(C(=O)O)c1. The van der Waals surface area contributed by atoms with Crippen molar-refractivity contribution in [2.24, 2.45) is 5.73 Å². The van der Waals surface area contributed by atoms with E-state index in [-0.39, 0.29) is 21.4 Å². The van der Waals surface area contributed by atoms with Crippen LogP contribution in [0.1, 0.15) is 30.6 Å². The van der Waals surface area contributed by atoms with Gasteiger partial charge in [-0.05, 0) is 48.0 Å². The molecule has 7 nitrogen and oxygen atoms in total. The molecule has 21 heavy (non-hydrogen) atoms. The standard InChI is InChI=1S/C12H15BrN2O5S/c1-12(2,6-10(14)16)15-21(19,20)7-3-4-9(13)8(5-7)11(17)18/h3-5,15H,6H2,1-2H3,(H2,14,16)(H,17,18). The van der Waals surface area contributed by atoms with Crippen LogP contribution >= 0.6 is 15.9 Å². The third-order valence-corrected chi connectivity index (χ3v) is 4.89. The first-order valence-electron chi connectivity index (χ1n) is 5.80. The summed E-state index contributed by atoms with van der Waals surface area (Å²) in [5, 5.41) is 9.00. The van der Waals surface area contributed by atoms with Crippen molar-refractivity contribution in [3.05, 3.63) is 28.2 Å². The smallest absolute Gasteiger partial charge is 0.336 e. The summed E-state index contributed by atoms with van der Waals surface area (Å²) in [6.45, 7) is 3.01. The van der Waals surface area contributed by atoms with E-state index in [2.05, 4.69) is 20.7 Å². The number of nitrogens with two attached hydrogens (primary N) is 1. The lowest BCUT2D eigenvalue weighted by molar-refractivity contribution is -0.119. The van der Waals surface area contributed by atoms with Crippen molar-refractivity contribution in [2.45, 2.75) is 30.7 Å². The third kappa shape index (κ3) is 4.80. The number of rotatable bonds is 6. The van der Waals surface area contributed by atoms with Crippen LogP contribution in [0.4, 0.5) is 0 Å². The normalized spacial score (nSPS) is 12.1. The van der Waals surface area contributed by atoms with Crippen LogP contribution in [0, 0.1) is 0 Å². The van der Waals surface area contributed by atoms with Crippen molar-refractivity contribution in [1.29, 1.82) is 0 Å². The predicted octanol–water partition coefficient (Wildman–Crippen LogP) is 1.08. The average Bonchev–Trinajstić information content (AvgIpc) is 2.24. The highest BCUT2D eigenvalue weighted by molar-refractivity contribution is 9.10. The molecule has 0 saturated heterocycles. The number of nitrogens with one attached hydrogen (secondary N) is 1. The van der Waals surface area contributed by atoms with E-state index in [0.29, 0.717) is 0 Å². The zero-order valence-corrected chi connectivity index (χ0v) is 13.8. The number of sulfonamides is 1. The molecule has 0 radical (unpaired) electrons. The first-order valence-corrected chi connectivity index (χ1v) is 8.07. The van der Waals surface area contributed by atoms with Crippen molar-refractivity contribution in [3.8, 4) is 0 Å². The number of benzene rings is 1. The van der Waals surface area contributed by atoms with Gasteiger partial charge in [0.2, 0.25) is 15.9 Å². The molecule has 0 aromatic heterocycles. The number of carboxylic acid groups (broad SMARTS) is 1. The molecule has 0 aliphatic heterocycles. The number of carbonyl (C=O) groups excluding carboxylic acids is 1. The largest absolute Gasteiger partial charge is 0.478 e. The van der Waals surface area contributed by atoms with Crippen molar-refractivity contribution >= 4 is 37.8 Å². The van der Waals surface area contributed by atoms with Gasteiger partial charge in [-0.25, -0.2) is 17.9 Å². The van der Waals surface area contributed by atoms with E-state index in [0.717, 1.165) is 6.07 Å². The maximum absolute atomic E-state index is 12.2. The molecule has 0 aliphatic carbocycles. The molecule has 1 amide bonds. The average molecular weight is 379 g/mol. The maximum Gasteiger partial charge on any atom is 0.336 e. The quantitative estimate of drug-likeness (QED) is 0.682. The van der Waals surface area contributed by atoms with Gasteiger partial charge in [-0.3, -0.25) is 4.79 Å². The number of halogens is 1. The Hall–Kier alpha value is -1.45. The predicted molar refractivity (Wildman–Crippen MR) is 79.3 cm³/mol. The molecule has 1 aromatic rings. The van der Waals surface area contributed by atoms with Gasteiger partial charge in [0.1, 0.15) is 0 Å². The zero-order chi connectivity index (χ0) is 16.4. The Kier molecular flexibility index (Phi) is 5.13. The minimum Gasteiger partial charge on any atom is -0.478 e. The summed E-state index contributed by atoms with van der Waals surface area (Å²) in [7, 11) is -3.98. The van der Waals surface area contributed by atoms with Gasteiger partial charge in [0.05, 0.1) is 10.5 Å². The molecule has 0 atom stereocenters. The minimum absolute atomic E-state index is 0.175. The van der Waals surface area contributed by atoms with Crippen LogP contribution in [0.25, 0.3) is 0 Å². The number of aromatic carboxylic acids is 1. The molecule has 0 saturated carbocycles. The molecule has 0 spiro atoms. The Morgan fingerprint density at radius 3 is 2.43 bits per heavy atom. The maximum atomic E-state index is 12.2. The van der Waals surface area contributed by atoms with E-state index in [4.69, 9.17) is 10.8 Å². The number of carbonyl (C=O) groups is 2. The summed E-state index contributed by atoms with van der Waals surface area (Å²) in [6, 6.07) is 3.63. The number of hydrogen-bond acceptors (Lipinski definition) is 4. The Balaban J connectivity index is 3.17. The second-order valence-electron chi connectivity index (χ2n) is 5.08. The van der Waals surface area contributed by atoms with Gasteiger partial charge in [0.25, 0.3) is 0 Å². The summed E-state index contributed by atoms with van der Waals surface area (Å²) in [4.78, 5) is 21.7. The van der Waals surface area contributed by atoms with Crippen LogP contribution in [-0.2, 0) is 14.8 Å². The molecule has 0 heterocycles. The summed E-state index contributed by atoms with van der Waals surface area (Å²) in [5.74, 6) is -1.90. The molecule has 1 rings (SSSR count). The van der Waals surface area contributed by atoms with Gasteiger partial charge in [0, 0.05) is 16.4 Å². The molecule has 0 unspecified atom stereocenters. The zero-order valence-electron chi connectivity index (χ0n) is 11.4. The van der Waals surface area contributed by atoms with Gasteiger partial charge in [-0.2, -0.15) is 0 Å². The van der Waals surface area contributed by atoms with Crippen molar-refractivity contribution in [2.75, 3.05) is 0 Å². The van der Waals surface area contributed by atoms with Crippen LogP contribution < -0.4 is 10.5 Å². The van der Waals surface area contributed by atoms with Crippen LogP contribution in [-0.4, -0.2) is 30.9 Å². The molecule has 1 aromatic carbocycles. The van der Waals surface area contributed by atoms with Gasteiger partial charge in [-0.15, -0.1) is 0 Å². The second kappa shape index (κ2) is 6.12. The molecule has 4 N–H and O–H groups in total. The third-order valence-electron chi connectivity index (χ3n) is 2.51. The van der Waals surface area contributed by atoms with Crippen molar-refractivity contribution in [1.82, 2.24) is 4.72 Å². The van der Waals surface area contributed by atoms with Gasteiger partial charge < -0.3 is 10.8 Å². The summed E-state index contributed by atoms with van der Waals surface area (Å²) < 4.78 is 27.1. The topological polar surface area (TPSA) is 127 Å². The van der Waals surface area contributed by atoms with Gasteiger partial charge in [-0.1, -0.05) is 0 Å². The summed E-state index contributed by atoms with van der Waals surface area (Å²) in [5.41, 5.74) is 3.80. The summed E-state index contributed by atoms with van der Waals surface area (Å²) >= 11 is 3.03. The molecular weight excluding hydrogens is 364 g/mol. The fraction of sp³-hybridized carbons (Fsp3) is 0.333. The van der Waals surface area contributed by atoms with Crippen LogP contribution in [0.15, 0.2) is 27.6 Å². The molecule has 116 valence electrons. The molecule has 0 bridgehead atoms. The van der Waals surface area contributed by atoms with Crippen LogP contribution in [0.2, 0.25) is 0 Å². The fourth-order valence-electron chi connectivity index (χ4n) is 1.73.